The number of non-ortho nitro benzene ring substituents is 1. The highest BCUT2D eigenvalue weighted by Crippen LogP contribution is 2.40. The summed E-state index contributed by atoms with van der Waals surface area (Å²) < 4.78 is 10.2. The number of nitro groups is 1. The maximum Gasteiger partial charge on any atom is 0.336 e. The summed E-state index contributed by atoms with van der Waals surface area (Å²) in [6.45, 7) is 8.25. The third-order valence-electron chi connectivity index (χ3n) is 4.88. The molecule has 0 aliphatic carbocycles. The summed E-state index contributed by atoms with van der Waals surface area (Å²) in [6.07, 6.45) is 0.409. The third-order valence-corrected chi connectivity index (χ3v) is 4.88. The minimum Gasteiger partial charge on any atom is -0.466 e. The van der Waals surface area contributed by atoms with E-state index >= 15 is 0 Å². The van der Waals surface area contributed by atoms with Gasteiger partial charge in [-0.25, -0.2) is 4.79 Å². The molecule has 2 rings (SSSR count). The Balaban J connectivity index is 2.55. The molecule has 0 saturated heterocycles. The molecule has 2 N–H and O–H groups in total. The molecule has 10 nitrogen and oxygen atoms in total. The molecule has 0 fully saturated rings. The molecule has 1 heterocycles. The number of methoxy groups -OCH3 is 1. The van der Waals surface area contributed by atoms with Gasteiger partial charge in [0.1, 0.15) is 12.1 Å². The van der Waals surface area contributed by atoms with Crippen molar-refractivity contribution in [2.75, 3.05) is 13.7 Å². The van der Waals surface area contributed by atoms with Crippen LogP contribution in [0.4, 0.5) is 5.69 Å². The maximum absolute atomic E-state index is 13.3. The van der Waals surface area contributed by atoms with E-state index in [0.29, 0.717) is 23.4 Å². The van der Waals surface area contributed by atoms with Gasteiger partial charge in [0.15, 0.2) is 0 Å². The SMILES string of the molecule is CCC1=C(C(=O)NCC(=O)OC(C)(C)C)C(c2cccc([N+](=O)[O-])c2)C(C(=O)OC)=C(C)N1. The number of rotatable bonds is 7. The van der Waals surface area contributed by atoms with Crippen LogP contribution in [0, 0.1) is 10.1 Å². The first kappa shape index (κ1) is 25.6. The van der Waals surface area contributed by atoms with E-state index in [-0.39, 0.29) is 23.4 Å². The van der Waals surface area contributed by atoms with Gasteiger partial charge in [0.05, 0.1) is 23.5 Å². The predicted molar refractivity (Wildman–Crippen MR) is 120 cm³/mol. The average Bonchev–Trinajstić information content (AvgIpc) is 2.74. The Morgan fingerprint density at radius 2 is 1.88 bits per heavy atom. The quantitative estimate of drug-likeness (QED) is 0.361. The second-order valence-corrected chi connectivity index (χ2v) is 8.46. The fraction of sp³-hybridized carbons (Fsp3) is 0.435. The van der Waals surface area contributed by atoms with Crippen molar-refractivity contribution in [2.45, 2.75) is 52.6 Å². The first-order valence-electron chi connectivity index (χ1n) is 10.4. The van der Waals surface area contributed by atoms with Crippen molar-refractivity contribution in [1.82, 2.24) is 10.6 Å². The monoisotopic (exact) mass is 459 g/mol. The summed E-state index contributed by atoms with van der Waals surface area (Å²) in [6, 6.07) is 5.74. The average molecular weight is 459 g/mol. The fourth-order valence-corrected chi connectivity index (χ4v) is 3.60. The van der Waals surface area contributed by atoms with Gasteiger partial charge < -0.3 is 20.1 Å². The van der Waals surface area contributed by atoms with E-state index < -0.39 is 34.3 Å². The number of carbonyl (C=O) groups excluding carboxylic acids is 3. The zero-order valence-corrected chi connectivity index (χ0v) is 19.6. The van der Waals surface area contributed by atoms with Gasteiger partial charge in [-0.2, -0.15) is 0 Å². The molecule has 0 spiro atoms. The lowest BCUT2D eigenvalue weighted by Gasteiger charge is -2.31. The van der Waals surface area contributed by atoms with Gasteiger partial charge in [-0.3, -0.25) is 19.7 Å². The summed E-state index contributed by atoms with van der Waals surface area (Å²) in [5, 5.41) is 17.0. The van der Waals surface area contributed by atoms with E-state index in [9.17, 15) is 24.5 Å². The van der Waals surface area contributed by atoms with E-state index in [0.717, 1.165) is 0 Å². The number of nitro benzene ring substituents is 1. The molecule has 1 atom stereocenters. The first-order chi connectivity index (χ1) is 15.4. The number of hydrogen-bond donors (Lipinski definition) is 2. The standard InChI is InChI=1S/C23H29N3O7/c1-7-16-20(21(28)24-12-17(27)33-23(3,4)5)19(18(13(2)25-16)22(29)32-6)14-9-8-10-15(11-14)26(30)31/h8-11,19,25H,7,12H2,1-6H3,(H,24,28). The van der Waals surface area contributed by atoms with Crippen LogP contribution in [0.5, 0.6) is 0 Å². The molecule has 178 valence electrons. The second kappa shape index (κ2) is 10.3. The molecule has 1 aliphatic heterocycles. The topological polar surface area (TPSA) is 137 Å². The zero-order valence-electron chi connectivity index (χ0n) is 19.6. The predicted octanol–water partition coefficient (Wildman–Crippen LogP) is 2.85. The van der Waals surface area contributed by atoms with Gasteiger partial charge in [-0.1, -0.05) is 19.1 Å². The maximum atomic E-state index is 13.3. The van der Waals surface area contributed by atoms with Crippen LogP contribution in [0.2, 0.25) is 0 Å². The number of amides is 1. The van der Waals surface area contributed by atoms with E-state index in [1.807, 2.05) is 6.92 Å². The Hall–Kier alpha value is -3.69. The second-order valence-electron chi connectivity index (χ2n) is 8.46. The van der Waals surface area contributed by atoms with E-state index in [1.165, 1.54) is 25.3 Å². The number of allylic oxidation sites excluding steroid dienone is 2. The van der Waals surface area contributed by atoms with Crippen molar-refractivity contribution in [3.05, 3.63) is 62.5 Å². The molecule has 0 aromatic heterocycles. The Kier molecular flexibility index (Phi) is 7.97. The molecule has 1 aromatic carbocycles. The number of benzene rings is 1. The van der Waals surface area contributed by atoms with Crippen molar-refractivity contribution >= 4 is 23.5 Å². The molecule has 0 saturated carbocycles. The molecule has 1 aliphatic rings. The molecular weight excluding hydrogens is 430 g/mol. The number of hydrogen-bond acceptors (Lipinski definition) is 8. The third kappa shape index (κ3) is 6.18. The van der Waals surface area contributed by atoms with E-state index in [2.05, 4.69) is 10.6 Å². The van der Waals surface area contributed by atoms with Crippen LogP contribution in [-0.2, 0) is 23.9 Å². The molecule has 33 heavy (non-hydrogen) atoms. The van der Waals surface area contributed by atoms with Gasteiger partial charge >= 0.3 is 11.9 Å². The first-order valence-corrected chi connectivity index (χ1v) is 10.4. The highest BCUT2D eigenvalue weighted by molar-refractivity contribution is 6.03. The fourth-order valence-electron chi connectivity index (χ4n) is 3.60. The summed E-state index contributed by atoms with van der Waals surface area (Å²) >= 11 is 0. The Bertz CT molecular complexity index is 1030. The van der Waals surface area contributed by atoms with Crippen LogP contribution in [-0.4, -0.2) is 42.0 Å². The van der Waals surface area contributed by atoms with Crippen molar-refractivity contribution in [1.29, 1.82) is 0 Å². The summed E-state index contributed by atoms with van der Waals surface area (Å²) in [5.74, 6) is -2.84. The van der Waals surface area contributed by atoms with Crippen LogP contribution in [0.15, 0.2) is 46.8 Å². The molecule has 1 unspecified atom stereocenters. The van der Waals surface area contributed by atoms with Crippen LogP contribution in [0.25, 0.3) is 0 Å². The van der Waals surface area contributed by atoms with Gasteiger partial charge in [0.2, 0.25) is 5.91 Å². The highest BCUT2D eigenvalue weighted by Gasteiger charge is 2.38. The summed E-state index contributed by atoms with van der Waals surface area (Å²) in [7, 11) is 1.22. The Labute approximate surface area is 192 Å². The van der Waals surface area contributed by atoms with E-state index in [1.54, 1.807) is 33.8 Å². The zero-order chi connectivity index (χ0) is 24.9. The lowest BCUT2D eigenvalue weighted by Crippen LogP contribution is -2.40. The molecule has 0 bridgehead atoms. The highest BCUT2D eigenvalue weighted by atomic mass is 16.6. The number of ether oxygens (including phenoxy) is 2. The Morgan fingerprint density at radius 1 is 1.21 bits per heavy atom. The van der Waals surface area contributed by atoms with Gasteiger partial charge in [-0.05, 0) is 39.7 Å². The largest absolute Gasteiger partial charge is 0.466 e. The smallest absolute Gasteiger partial charge is 0.336 e. The van der Waals surface area contributed by atoms with Gasteiger partial charge in [0, 0.05) is 29.1 Å². The van der Waals surface area contributed by atoms with Crippen molar-refractivity contribution < 1.29 is 28.8 Å². The van der Waals surface area contributed by atoms with Crippen LogP contribution in [0.1, 0.15) is 52.5 Å². The lowest BCUT2D eigenvalue weighted by molar-refractivity contribution is -0.384. The summed E-state index contributed by atoms with van der Waals surface area (Å²) in [5.41, 5.74) is 0.798. The minimum atomic E-state index is -0.938. The van der Waals surface area contributed by atoms with E-state index in [4.69, 9.17) is 9.47 Å². The van der Waals surface area contributed by atoms with Crippen LogP contribution in [0.3, 0.4) is 0 Å². The number of nitrogens with zero attached hydrogens (tertiary/aromatic N) is 1. The number of esters is 2. The summed E-state index contributed by atoms with van der Waals surface area (Å²) in [4.78, 5) is 48.9. The molecule has 0 radical (unpaired) electrons. The molecule has 1 aromatic rings. The molecular formula is C23H29N3O7. The van der Waals surface area contributed by atoms with Crippen molar-refractivity contribution in [2.24, 2.45) is 0 Å². The van der Waals surface area contributed by atoms with Crippen LogP contribution < -0.4 is 10.6 Å². The van der Waals surface area contributed by atoms with Gasteiger partial charge in [-0.15, -0.1) is 0 Å². The van der Waals surface area contributed by atoms with Gasteiger partial charge in [0.25, 0.3) is 5.69 Å². The number of dihydropyridines is 1. The molecule has 1 amide bonds. The van der Waals surface area contributed by atoms with Crippen molar-refractivity contribution in [3.63, 3.8) is 0 Å². The number of nitrogens with one attached hydrogen (secondary N) is 2. The minimum absolute atomic E-state index is 0.151. The molecule has 10 heteroatoms. The lowest BCUT2D eigenvalue weighted by atomic mass is 9.79. The van der Waals surface area contributed by atoms with Crippen LogP contribution >= 0.6 is 0 Å². The van der Waals surface area contributed by atoms with Crippen molar-refractivity contribution in [3.8, 4) is 0 Å². The number of carbonyl (C=O) groups is 3. The normalized spacial score (nSPS) is 16.1. The Morgan fingerprint density at radius 3 is 2.42 bits per heavy atom.